The number of carbonyl (C=O) groups is 2. The molecule has 0 rings (SSSR count). The minimum atomic E-state index is -8.71. The summed E-state index contributed by atoms with van der Waals surface area (Å²) < 4.78 is 271. The van der Waals surface area contributed by atoms with E-state index < -0.39 is 117 Å². The first-order valence-corrected chi connectivity index (χ1v) is 16.6. The topological polar surface area (TPSA) is 55.4 Å². The lowest BCUT2D eigenvalue weighted by atomic mass is 9.88. The Labute approximate surface area is 264 Å². The first-order chi connectivity index (χ1) is 21.2. The zero-order chi connectivity index (χ0) is 39.8. The highest BCUT2D eigenvalue weighted by molar-refractivity contribution is 6.77. The SMILES string of the molecule is C=C(C(=O)N[C@H](C(=O)OCC[Si](C)(C)CCCC(F)(F)C(F)(F)C(F)(F)C(F)(F)C(F)(F)C(F)(F)C(F)(F)C(F)(F)F)C(C)C)C(F)(F)F. The van der Waals surface area contributed by atoms with Crippen LogP contribution in [0.15, 0.2) is 12.2 Å². The highest BCUT2D eigenvalue weighted by Gasteiger charge is 2.95. The number of hydrogen-bond donors (Lipinski definition) is 1. The van der Waals surface area contributed by atoms with Crippen LogP contribution in [0.1, 0.15) is 26.7 Å². The quantitative estimate of drug-likeness (QED) is 0.0693. The Hall–Kier alpha value is -2.50. The fourth-order valence-electron chi connectivity index (χ4n) is 3.64. The molecule has 0 unspecified atom stereocenters. The van der Waals surface area contributed by atoms with Crippen molar-refractivity contribution in [3.05, 3.63) is 12.2 Å². The van der Waals surface area contributed by atoms with Gasteiger partial charge in [0.05, 0.1) is 14.7 Å². The van der Waals surface area contributed by atoms with Gasteiger partial charge in [0.25, 0.3) is 5.91 Å². The van der Waals surface area contributed by atoms with Crippen molar-refractivity contribution in [2.75, 3.05) is 6.61 Å². The Bertz CT molecular complexity index is 1190. The maximum atomic E-state index is 14.2. The van der Waals surface area contributed by atoms with Crippen LogP contribution in [0.3, 0.4) is 0 Å². The smallest absolute Gasteiger partial charge is 0.460 e. The number of amides is 1. The Balaban J connectivity index is 5.76. The van der Waals surface area contributed by atoms with Gasteiger partial charge in [-0.15, -0.1) is 0 Å². The van der Waals surface area contributed by atoms with Crippen LogP contribution < -0.4 is 5.32 Å². The fourth-order valence-corrected chi connectivity index (χ4v) is 5.68. The molecule has 0 aliphatic heterocycles. The molecule has 0 aliphatic carbocycles. The number of ether oxygens (including phenoxy) is 1. The maximum Gasteiger partial charge on any atom is 0.460 e. The van der Waals surface area contributed by atoms with Gasteiger partial charge in [0.2, 0.25) is 0 Å². The summed E-state index contributed by atoms with van der Waals surface area (Å²) in [7, 11) is -3.09. The average molecular weight is 786 g/mol. The molecule has 0 bridgehead atoms. The van der Waals surface area contributed by atoms with E-state index in [1.165, 1.54) is 26.9 Å². The molecule has 0 aliphatic rings. The third kappa shape index (κ3) is 9.06. The van der Waals surface area contributed by atoms with Crippen molar-refractivity contribution in [2.45, 2.75) is 112 Å². The molecule has 290 valence electrons. The van der Waals surface area contributed by atoms with E-state index in [0.717, 1.165) is 0 Å². The normalized spacial score (nSPS) is 15.7. The van der Waals surface area contributed by atoms with E-state index in [0.29, 0.717) is 0 Å². The summed E-state index contributed by atoms with van der Waals surface area (Å²) in [5.74, 6) is -60.9. The molecule has 25 heteroatoms. The summed E-state index contributed by atoms with van der Waals surface area (Å²) in [5.41, 5.74) is -1.88. The monoisotopic (exact) mass is 785 g/mol. The van der Waals surface area contributed by atoms with E-state index in [1.807, 2.05) is 0 Å². The van der Waals surface area contributed by atoms with Crippen molar-refractivity contribution in [2.24, 2.45) is 5.92 Å². The highest BCUT2D eigenvalue weighted by Crippen LogP contribution is 2.64. The lowest BCUT2D eigenvalue weighted by Crippen LogP contribution is -2.74. The predicted molar refractivity (Wildman–Crippen MR) is 130 cm³/mol. The Morgan fingerprint density at radius 2 is 1.04 bits per heavy atom. The molecule has 0 radical (unpaired) electrons. The van der Waals surface area contributed by atoms with E-state index >= 15 is 0 Å². The van der Waals surface area contributed by atoms with Crippen LogP contribution in [0.25, 0.3) is 0 Å². The Morgan fingerprint density at radius 3 is 1.41 bits per heavy atom. The molecule has 49 heavy (non-hydrogen) atoms. The third-order valence-corrected chi connectivity index (χ3v) is 10.2. The van der Waals surface area contributed by atoms with Gasteiger partial charge in [-0.25, -0.2) is 4.79 Å². The molecule has 0 aromatic carbocycles. The van der Waals surface area contributed by atoms with Gasteiger partial charge in [0.15, 0.2) is 0 Å². The first kappa shape index (κ1) is 46.5. The van der Waals surface area contributed by atoms with Crippen LogP contribution in [0.2, 0.25) is 25.2 Å². The molecule has 4 nitrogen and oxygen atoms in total. The number of alkyl halides is 20. The van der Waals surface area contributed by atoms with E-state index in [2.05, 4.69) is 6.58 Å². The molecule has 0 fully saturated rings. The number of nitrogens with one attached hydrogen (secondary N) is 1. The molecule has 0 aromatic heterocycles. The number of halogens is 20. The van der Waals surface area contributed by atoms with Crippen molar-refractivity contribution in [3.63, 3.8) is 0 Å². The summed E-state index contributed by atoms with van der Waals surface area (Å²) in [5, 5.41) is 1.72. The summed E-state index contributed by atoms with van der Waals surface area (Å²) in [6.45, 7) is 6.88. The molecule has 0 spiro atoms. The second-order valence-electron chi connectivity index (χ2n) is 11.8. The highest BCUT2D eigenvalue weighted by atomic mass is 28.3. The minimum Gasteiger partial charge on any atom is -0.464 e. The van der Waals surface area contributed by atoms with Crippen LogP contribution in [0.4, 0.5) is 87.8 Å². The van der Waals surface area contributed by atoms with Crippen molar-refractivity contribution in [1.29, 1.82) is 0 Å². The number of carbonyl (C=O) groups excluding carboxylic acids is 2. The van der Waals surface area contributed by atoms with E-state index in [-0.39, 0.29) is 6.04 Å². The standard InChI is InChI=1S/C24H27F20NO3Si/c1-11(2)13(45-14(46)12(3)17(27,28)29)15(47)48-8-10-49(4,5)9-6-7-16(25,26)18(30,31)19(32,33)20(34,35)21(36,37)22(38,39)23(40,41)24(42,43)44/h11,13H,3,6-10H2,1-2,4-5H3,(H,45,46)/t13-/m0/s1. The summed E-state index contributed by atoms with van der Waals surface area (Å²) in [4.78, 5) is 24.0. The number of rotatable bonds is 17. The van der Waals surface area contributed by atoms with Gasteiger partial charge in [-0.1, -0.05) is 39.6 Å². The van der Waals surface area contributed by atoms with Crippen LogP contribution >= 0.6 is 0 Å². The largest absolute Gasteiger partial charge is 0.464 e. The lowest BCUT2D eigenvalue weighted by molar-refractivity contribution is -0.461. The van der Waals surface area contributed by atoms with Crippen LogP contribution in [-0.4, -0.2) is 86.4 Å². The second-order valence-corrected chi connectivity index (χ2v) is 17.1. The van der Waals surface area contributed by atoms with Crippen molar-refractivity contribution < 1.29 is 102 Å². The van der Waals surface area contributed by atoms with E-state index in [4.69, 9.17) is 4.74 Å². The van der Waals surface area contributed by atoms with E-state index in [9.17, 15) is 97.4 Å². The van der Waals surface area contributed by atoms with Gasteiger partial charge < -0.3 is 10.1 Å². The molecule has 1 atom stereocenters. The molecule has 0 aromatic rings. The molecule has 0 saturated carbocycles. The van der Waals surface area contributed by atoms with Crippen LogP contribution in [-0.2, 0) is 14.3 Å². The summed E-state index contributed by atoms with van der Waals surface area (Å²) in [6.07, 6.45) is -16.9. The summed E-state index contributed by atoms with van der Waals surface area (Å²) in [6, 6.07) is -2.67. The molecule has 0 saturated heterocycles. The maximum absolute atomic E-state index is 14.2. The summed E-state index contributed by atoms with van der Waals surface area (Å²) >= 11 is 0. The minimum absolute atomic E-state index is 0.308. The molecular weight excluding hydrogens is 758 g/mol. The van der Waals surface area contributed by atoms with Crippen molar-refractivity contribution in [1.82, 2.24) is 5.32 Å². The Kier molecular flexibility index (Phi) is 13.5. The van der Waals surface area contributed by atoms with E-state index in [1.54, 1.807) is 5.32 Å². The third-order valence-electron chi connectivity index (χ3n) is 6.98. The van der Waals surface area contributed by atoms with Crippen LogP contribution in [0.5, 0.6) is 0 Å². The van der Waals surface area contributed by atoms with Gasteiger partial charge in [0, 0.05) is 6.42 Å². The van der Waals surface area contributed by atoms with Gasteiger partial charge in [-0.05, 0) is 18.4 Å². The Morgan fingerprint density at radius 1 is 0.653 bits per heavy atom. The number of hydrogen-bond acceptors (Lipinski definition) is 3. The molecule has 1 N–H and O–H groups in total. The van der Waals surface area contributed by atoms with Gasteiger partial charge in [-0.2, -0.15) is 87.8 Å². The second kappa shape index (κ2) is 14.3. The van der Waals surface area contributed by atoms with Gasteiger partial charge >= 0.3 is 59.8 Å². The van der Waals surface area contributed by atoms with Crippen molar-refractivity contribution in [3.8, 4) is 0 Å². The molecule has 0 heterocycles. The first-order valence-electron chi connectivity index (χ1n) is 13.2. The molecule has 1 amide bonds. The fraction of sp³-hybridized carbons (Fsp3) is 0.833. The van der Waals surface area contributed by atoms with Crippen molar-refractivity contribution >= 4 is 20.0 Å². The van der Waals surface area contributed by atoms with Gasteiger partial charge in [-0.3, -0.25) is 4.79 Å². The predicted octanol–water partition coefficient (Wildman–Crippen LogP) is 9.29. The lowest BCUT2D eigenvalue weighted by Gasteiger charge is -2.42. The zero-order valence-corrected chi connectivity index (χ0v) is 26.2. The zero-order valence-electron chi connectivity index (χ0n) is 25.2. The van der Waals surface area contributed by atoms with Crippen LogP contribution in [0, 0.1) is 5.92 Å². The number of esters is 1. The average Bonchev–Trinajstić information content (AvgIpc) is 2.88. The van der Waals surface area contributed by atoms with Gasteiger partial charge in [0.1, 0.15) is 11.6 Å². The molecular formula is C24H27F20NO3Si.